The van der Waals surface area contributed by atoms with Gasteiger partial charge in [-0.1, -0.05) is 53.5 Å². The fourth-order valence-corrected chi connectivity index (χ4v) is 5.94. The first-order chi connectivity index (χ1) is 16.0. The van der Waals surface area contributed by atoms with Gasteiger partial charge in [-0.3, -0.25) is 9.59 Å². The van der Waals surface area contributed by atoms with E-state index in [1.807, 2.05) is 62.5 Å². The molecule has 1 aromatic heterocycles. The van der Waals surface area contributed by atoms with Crippen molar-refractivity contribution in [2.24, 2.45) is 11.8 Å². The van der Waals surface area contributed by atoms with Gasteiger partial charge in [-0.25, -0.2) is 0 Å². The molecule has 0 spiro atoms. The highest BCUT2D eigenvalue weighted by Crippen LogP contribution is 2.34. The smallest absolute Gasteiger partial charge is 0.310 e. The lowest BCUT2D eigenvalue weighted by Gasteiger charge is -2.29. The van der Waals surface area contributed by atoms with E-state index in [0.717, 1.165) is 14.9 Å². The molecule has 0 saturated carbocycles. The van der Waals surface area contributed by atoms with Crippen LogP contribution in [0.15, 0.2) is 64.5 Å². The van der Waals surface area contributed by atoms with E-state index >= 15 is 0 Å². The summed E-state index contributed by atoms with van der Waals surface area (Å²) in [6.07, 6.45) is 1.19. The van der Waals surface area contributed by atoms with Crippen LogP contribution in [-0.2, 0) is 22.4 Å². The second-order valence-corrected chi connectivity index (χ2v) is 11.9. The van der Waals surface area contributed by atoms with E-state index in [1.165, 1.54) is 0 Å². The van der Waals surface area contributed by atoms with Crippen LogP contribution in [0, 0.1) is 11.8 Å². The third-order valence-electron chi connectivity index (χ3n) is 5.39. The summed E-state index contributed by atoms with van der Waals surface area (Å²) in [7, 11) is 0. The predicted molar refractivity (Wildman–Crippen MR) is 144 cm³/mol. The van der Waals surface area contributed by atoms with Crippen molar-refractivity contribution in [3.63, 3.8) is 0 Å². The molecule has 0 aliphatic carbocycles. The van der Waals surface area contributed by atoms with E-state index in [0.29, 0.717) is 28.5 Å². The van der Waals surface area contributed by atoms with Crippen molar-refractivity contribution in [1.29, 1.82) is 0 Å². The number of carbonyl (C=O) groups is 2. The molecule has 0 amide bonds. The topological polar surface area (TPSA) is 43.4 Å². The molecular weight excluding hydrogens is 555 g/mol. The first-order valence-electron chi connectivity index (χ1n) is 11.0. The summed E-state index contributed by atoms with van der Waals surface area (Å²) in [5, 5.41) is 2.77. The highest BCUT2D eigenvalue weighted by Gasteiger charge is 2.35. The van der Waals surface area contributed by atoms with Crippen LogP contribution in [0.4, 0.5) is 0 Å². The van der Waals surface area contributed by atoms with Gasteiger partial charge >= 0.3 is 5.97 Å². The zero-order valence-corrected chi connectivity index (χ0v) is 23.2. The van der Waals surface area contributed by atoms with Gasteiger partial charge < -0.3 is 4.74 Å². The minimum Gasteiger partial charge on any atom is -0.460 e. The molecule has 2 aromatic carbocycles. The molecule has 1 heterocycles. The van der Waals surface area contributed by atoms with E-state index < -0.39 is 11.5 Å². The Kier molecular flexibility index (Phi) is 9.39. The number of hydrogen-bond donors (Lipinski definition) is 0. The van der Waals surface area contributed by atoms with Gasteiger partial charge in [0.25, 0.3) is 0 Å². The number of thiophene rings is 1. The number of hydrogen-bond acceptors (Lipinski definition) is 4. The van der Waals surface area contributed by atoms with Gasteiger partial charge in [0.2, 0.25) is 0 Å². The molecule has 2 atom stereocenters. The first-order valence-corrected chi connectivity index (χ1v) is 13.4. The Morgan fingerprint density at radius 2 is 1.74 bits per heavy atom. The van der Waals surface area contributed by atoms with E-state index in [2.05, 4.69) is 15.9 Å². The summed E-state index contributed by atoms with van der Waals surface area (Å²) in [4.78, 5) is 27.9. The molecule has 0 bridgehead atoms. The Morgan fingerprint density at radius 1 is 1.03 bits per heavy atom. The molecule has 0 fully saturated rings. The minimum atomic E-state index is -0.635. The molecule has 3 aromatic rings. The fraction of sp³-hybridized carbons (Fsp3) is 0.333. The number of rotatable bonds is 9. The maximum atomic E-state index is 13.5. The van der Waals surface area contributed by atoms with Gasteiger partial charge in [0.1, 0.15) is 5.60 Å². The summed E-state index contributed by atoms with van der Waals surface area (Å²) < 4.78 is 6.80. The second kappa shape index (κ2) is 11.9. The molecular formula is C27H27BrCl2O3S. The van der Waals surface area contributed by atoms with Crippen molar-refractivity contribution in [2.45, 2.75) is 45.6 Å². The van der Waals surface area contributed by atoms with Gasteiger partial charge in [0, 0.05) is 26.4 Å². The van der Waals surface area contributed by atoms with E-state index in [-0.39, 0.29) is 24.1 Å². The van der Waals surface area contributed by atoms with Crippen LogP contribution in [0.5, 0.6) is 0 Å². The molecule has 0 saturated heterocycles. The number of benzene rings is 2. The van der Waals surface area contributed by atoms with Crippen LogP contribution in [-0.4, -0.2) is 17.4 Å². The van der Waals surface area contributed by atoms with E-state index in [9.17, 15) is 9.59 Å². The molecule has 0 radical (unpaired) electrons. The summed E-state index contributed by atoms with van der Waals surface area (Å²) in [6.45, 7) is 5.57. The highest BCUT2D eigenvalue weighted by atomic mass is 79.9. The van der Waals surface area contributed by atoms with Crippen LogP contribution in [0.2, 0.25) is 10.0 Å². The molecule has 34 heavy (non-hydrogen) atoms. The van der Waals surface area contributed by atoms with Crippen molar-refractivity contribution in [1.82, 2.24) is 0 Å². The number of carbonyl (C=O) groups excluding carboxylic acids is 2. The number of ketones is 1. The van der Waals surface area contributed by atoms with Gasteiger partial charge in [0.05, 0.1) is 10.9 Å². The summed E-state index contributed by atoms with van der Waals surface area (Å²) >= 11 is 17.6. The minimum absolute atomic E-state index is 0.124. The van der Waals surface area contributed by atoms with Crippen LogP contribution in [0.25, 0.3) is 0 Å². The van der Waals surface area contributed by atoms with Crippen LogP contribution in [0.1, 0.15) is 48.0 Å². The summed E-state index contributed by atoms with van der Waals surface area (Å²) in [5.41, 5.74) is 0.790. The lowest BCUT2D eigenvalue weighted by molar-refractivity contribution is -0.162. The monoisotopic (exact) mass is 580 g/mol. The van der Waals surface area contributed by atoms with Crippen molar-refractivity contribution in [3.8, 4) is 0 Å². The normalized spacial score (nSPS) is 13.4. The van der Waals surface area contributed by atoms with Gasteiger partial charge in [-0.15, -0.1) is 11.3 Å². The quantitative estimate of drug-likeness (QED) is 0.188. The molecule has 1 unspecified atom stereocenters. The maximum Gasteiger partial charge on any atom is 0.310 e. The van der Waals surface area contributed by atoms with E-state index in [1.54, 1.807) is 29.5 Å². The Labute approximate surface area is 223 Å². The zero-order valence-electron chi connectivity index (χ0n) is 19.3. The van der Waals surface area contributed by atoms with Gasteiger partial charge in [-0.05, 0) is 90.7 Å². The Balaban J connectivity index is 1.98. The molecule has 0 N–H and O–H groups in total. The third kappa shape index (κ3) is 7.67. The number of ether oxygens (including phenoxy) is 1. The average Bonchev–Trinajstić information content (AvgIpc) is 3.15. The molecule has 180 valence electrons. The van der Waals surface area contributed by atoms with Crippen molar-refractivity contribution < 1.29 is 14.3 Å². The number of esters is 1. The largest absolute Gasteiger partial charge is 0.460 e. The van der Waals surface area contributed by atoms with Crippen LogP contribution < -0.4 is 0 Å². The molecule has 3 rings (SSSR count). The summed E-state index contributed by atoms with van der Waals surface area (Å²) in [5.74, 6) is -1.22. The van der Waals surface area contributed by atoms with Crippen molar-refractivity contribution in [2.75, 3.05) is 0 Å². The molecule has 0 aliphatic heterocycles. The molecule has 0 aliphatic rings. The lowest BCUT2D eigenvalue weighted by atomic mass is 9.80. The van der Waals surface area contributed by atoms with Crippen LogP contribution >= 0.6 is 50.5 Å². The van der Waals surface area contributed by atoms with Gasteiger partial charge in [-0.2, -0.15) is 0 Å². The van der Waals surface area contributed by atoms with Crippen molar-refractivity contribution in [3.05, 3.63) is 90.5 Å². The SMILES string of the molecule is CC(C)(C)OC(=O)[C@H](Cc1ccccc1)C(CC(=O)c1ccc(Cl)cc1Cl)Cc1sccc1Br. The molecule has 7 heteroatoms. The van der Waals surface area contributed by atoms with Gasteiger partial charge in [0.15, 0.2) is 5.78 Å². The lowest BCUT2D eigenvalue weighted by Crippen LogP contribution is -2.35. The number of halogens is 3. The number of Topliss-reactive ketones (excluding diaryl/α,β-unsaturated/α-hetero) is 1. The summed E-state index contributed by atoms with van der Waals surface area (Å²) in [6, 6.07) is 16.7. The predicted octanol–water partition coefficient (Wildman–Crippen LogP) is 8.45. The molecule has 3 nitrogen and oxygen atoms in total. The van der Waals surface area contributed by atoms with Crippen LogP contribution in [0.3, 0.4) is 0 Å². The third-order valence-corrected chi connectivity index (χ3v) is 7.89. The maximum absolute atomic E-state index is 13.5. The van der Waals surface area contributed by atoms with Crippen molar-refractivity contribution >= 4 is 62.2 Å². The second-order valence-electron chi connectivity index (χ2n) is 9.24. The van der Waals surface area contributed by atoms with E-state index in [4.69, 9.17) is 27.9 Å². The zero-order chi connectivity index (χ0) is 24.9. The Bertz CT molecular complexity index is 1140. The Hall–Kier alpha value is -1.66. The highest BCUT2D eigenvalue weighted by molar-refractivity contribution is 9.10. The fourth-order valence-electron chi connectivity index (χ4n) is 3.82. The first kappa shape index (κ1) is 26.9. The Morgan fingerprint density at radius 3 is 2.32 bits per heavy atom. The standard InChI is InChI=1S/C27H27BrCl2O3S/c1-27(2,3)33-26(32)21(13-17-7-5-4-6-8-17)18(15-25-22(28)11-12-34-25)14-24(31)20-10-9-19(29)16-23(20)30/h4-12,16,18,21H,13-15H2,1-3H3/t18?,21-/m1/s1. The average molecular weight is 582 g/mol.